The number of carboxylic acids is 1. The van der Waals surface area contributed by atoms with E-state index in [4.69, 9.17) is 9.84 Å². The fraction of sp³-hybridized carbons (Fsp3) is 0.333. The highest BCUT2D eigenvalue weighted by molar-refractivity contribution is 5.99. The Morgan fingerprint density at radius 2 is 1.88 bits per heavy atom. The van der Waals surface area contributed by atoms with Crippen molar-refractivity contribution in [1.29, 1.82) is 0 Å². The Hall–Kier alpha value is -1.84. The van der Waals surface area contributed by atoms with E-state index in [1.54, 1.807) is 31.2 Å². The maximum absolute atomic E-state index is 11.5. The maximum atomic E-state index is 11.5. The van der Waals surface area contributed by atoms with Crippen LogP contribution in [0.4, 0.5) is 0 Å². The summed E-state index contributed by atoms with van der Waals surface area (Å²) in [5.41, 5.74) is 1.45. The molecule has 0 radical (unpaired) electrons. The molecule has 16 heavy (non-hydrogen) atoms. The van der Waals surface area contributed by atoms with Crippen LogP contribution in [0.3, 0.4) is 0 Å². The van der Waals surface area contributed by atoms with Crippen molar-refractivity contribution < 1.29 is 19.4 Å². The third-order valence-corrected chi connectivity index (χ3v) is 2.18. The zero-order valence-electron chi connectivity index (χ0n) is 9.27. The Kier molecular flexibility index (Phi) is 4.05. The molecule has 0 amide bonds. The zero-order valence-corrected chi connectivity index (χ0v) is 9.27. The van der Waals surface area contributed by atoms with Crippen LogP contribution in [0.1, 0.15) is 24.0 Å². The summed E-state index contributed by atoms with van der Waals surface area (Å²) in [4.78, 5) is 22.5. The van der Waals surface area contributed by atoms with Crippen molar-refractivity contribution >= 4 is 11.9 Å². The lowest BCUT2D eigenvalue weighted by atomic mass is 9.98. The first kappa shape index (κ1) is 12.2. The molecule has 4 nitrogen and oxygen atoms in total. The van der Waals surface area contributed by atoms with Gasteiger partial charge in [0.05, 0.1) is 6.61 Å². The topological polar surface area (TPSA) is 63.6 Å². The summed E-state index contributed by atoms with van der Waals surface area (Å²) in [6.45, 7) is 3.71. The number of esters is 1. The van der Waals surface area contributed by atoms with E-state index >= 15 is 0 Å². The Balaban J connectivity index is 2.98. The molecular weight excluding hydrogens is 208 g/mol. The number of hydrogen-bond donors (Lipinski definition) is 1. The first-order valence-electron chi connectivity index (χ1n) is 5.02. The SMILES string of the molecule is CCOC(=O)C(C(=O)O)c1ccc(C)cc1. The van der Waals surface area contributed by atoms with E-state index in [1.807, 2.05) is 6.92 Å². The molecule has 0 spiro atoms. The molecule has 0 saturated carbocycles. The summed E-state index contributed by atoms with van der Waals surface area (Å²) in [6.07, 6.45) is 0. The van der Waals surface area contributed by atoms with Gasteiger partial charge in [-0.3, -0.25) is 9.59 Å². The van der Waals surface area contributed by atoms with Crippen LogP contribution in [-0.2, 0) is 14.3 Å². The zero-order chi connectivity index (χ0) is 12.1. The summed E-state index contributed by atoms with van der Waals surface area (Å²) in [6, 6.07) is 6.80. The smallest absolute Gasteiger partial charge is 0.324 e. The molecule has 86 valence electrons. The third kappa shape index (κ3) is 2.82. The average molecular weight is 222 g/mol. The van der Waals surface area contributed by atoms with Gasteiger partial charge in [0, 0.05) is 0 Å². The van der Waals surface area contributed by atoms with Crippen molar-refractivity contribution in [3.8, 4) is 0 Å². The van der Waals surface area contributed by atoms with Crippen LogP contribution in [0.25, 0.3) is 0 Å². The predicted octanol–water partition coefficient (Wildman–Crippen LogP) is 1.73. The summed E-state index contributed by atoms with van der Waals surface area (Å²) < 4.78 is 4.73. The van der Waals surface area contributed by atoms with Gasteiger partial charge in [0.15, 0.2) is 5.92 Å². The van der Waals surface area contributed by atoms with E-state index in [2.05, 4.69) is 0 Å². The van der Waals surface area contributed by atoms with E-state index in [9.17, 15) is 9.59 Å². The molecule has 0 aliphatic heterocycles. The van der Waals surface area contributed by atoms with Gasteiger partial charge in [-0.15, -0.1) is 0 Å². The predicted molar refractivity (Wildman–Crippen MR) is 58.2 cm³/mol. The monoisotopic (exact) mass is 222 g/mol. The van der Waals surface area contributed by atoms with Crippen LogP contribution in [0.15, 0.2) is 24.3 Å². The van der Waals surface area contributed by atoms with Crippen LogP contribution in [0, 0.1) is 6.92 Å². The Bertz CT molecular complexity index is 381. The summed E-state index contributed by atoms with van der Waals surface area (Å²) >= 11 is 0. The number of carbonyl (C=O) groups is 2. The van der Waals surface area contributed by atoms with E-state index in [-0.39, 0.29) is 6.61 Å². The highest BCUT2D eigenvalue weighted by Gasteiger charge is 2.29. The lowest BCUT2D eigenvalue weighted by Gasteiger charge is -2.11. The van der Waals surface area contributed by atoms with E-state index in [0.717, 1.165) is 5.56 Å². The van der Waals surface area contributed by atoms with Crippen molar-refractivity contribution in [2.75, 3.05) is 6.61 Å². The largest absolute Gasteiger partial charge is 0.480 e. The highest BCUT2D eigenvalue weighted by Crippen LogP contribution is 2.18. The standard InChI is InChI=1S/C12H14O4/c1-3-16-12(15)10(11(13)14)9-6-4-8(2)5-7-9/h4-7,10H,3H2,1-2H3,(H,13,14). The van der Waals surface area contributed by atoms with Crippen molar-refractivity contribution in [3.63, 3.8) is 0 Å². The van der Waals surface area contributed by atoms with Gasteiger partial charge in [-0.05, 0) is 19.4 Å². The molecule has 0 aromatic heterocycles. The Morgan fingerprint density at radius 1 is 1.31 bits per heavy atom. The number of aryl methyl sites for hydroxylation is 1. The molecule has 1 N–H and O–H groups in total. The summed E-state index contributed by atoms with van der Waals surface area (Å²) in [5, 5.41) is 8.99. The van der Waals surface area contributed by atoms with Crippen molar-refractivity contribution in [1.82, 2.24) is 0 Å². The maximum Gasteiger partial charge on any atom is 0.324 e. The van der Waals surface area contributed by atoms with Gasteiger partial charge in [-0.1, -0.05) is 29.8 Å². The first-order valence-corrected chi connectivity index (χ1v) is 5.02. The third-order valence-electron chi connectivity index (χ3n) is 2.18. The van der Waals surface area contributed by atoms with Gasteiger partial charge in [-0.2, -0.15) is 0 Å². The van der Waals surface area contributed by atoms with E-state index in [0.29, 0.717) is 5.56 Å². The molecule has 1 rings (SSSR count). The molecule has 0 aliphatic carbocycles. The van der Waals surface area contributed by atoms with Crippen LogP contribution >= 0.6 is 0 Å². The van der Waals surface area contributed by atoms with E-state index < -0.39 is 17.9 Å². The second-order valence-corrected chi connectivity index (χ2v) is 3.43. The fourth-order valence-electron chi connectivity index (χ4n) is 1.36. The van der Waals surface area contributed by atoms with Crippen LogP contribution in [0.2, 0.25) is 0 Å². The second kappa shape index (κ2) is 5.30. The lowest BCUT2D eigenvalue weighted by molar-refractivity contribution is -0.153. The van der Waals surface area contributed by atoms with Gasteiger partial charge in [0.2, 0.25) is 0 Å². The number of hydrogen-bond acceptors (Lipinski definition) is 3. The fourth-order valence-corrected chi connectivity index (χ4v) is 1.36. The Labute approximate surface area is 93.9 Å². The van der Waals surface area contributed by atoms with Gasteiger partial charge < -0.3 is 9.84 Å². The van der Waals surface area contributed by atoms with Crippen LogP contribution in [-0.4, -0.2) is 23.7 Å². The number of ether oxygens (including phenoxy) is 1. The van der Waals surface area contributed by atoms with Gasteiger partial charge >= 0.3 is 11.9 Å². The number of carbonyl (C=O) groups excluding carboxylic acids is 1. The molecule has 0 fully saturated rings. The molecule has 0 bridgehead atoms. The van der Waals surface area contributed by atoms with Crippen LogP contribution in [0.5, 0.6) is 0 Å². The molecule has 0 heterocycles. The minimum Gasteiger partial charge on any atom is -0.480 e. The number of aliphatic carboxylic acids is 1. The van der Waals surface area contributed by atoms with Gasteiger partial charge in [0.25, 0.3) is 0 Å². The molecule has 0 aliphatic rings. The molecule has 1 aromatic rings. The molecule has 0 saturated heterocycles. The van der Waals surface area contributed by atoms with Crippen molar-refractivity contribution in [3.05, 3.63) is 35.4 Å². The Morgan fingerprint density at radius 3 is 2.31 bits per heavy atom. The van der Waals surface area contributed by atoms with Crippen LogP contribution < -0.4 is 0 Å². The summed E-state index contributed by atoms with van der Waals surface area (Å²) in [5.74, 6) is -3.15. The second-order valence-electron chi connectivity index (χ2n) is 3.43. The average Bonchev–Trinajstić information content (AvgIpc) is 2.21. The number of benzene rings is 1. The minimum atomic E-state index is -1.24. The molecule has 4 heteroatoms. The molecular formula is C12H14O4. The molecule has 1 atom stereocenters. The first-order chi connectivity index (χ1) is 7.56. The normalized spacial score (nSPS) is 11.9. The lowest BCUT2D eigenvalue weighted by Crippen LogP contribution is -2.23. The highest BCUT2D eigenvalue weighted by atomic mass is 16.5. The van der Waals surface area contributed by atoms with E-state index in [1.165, 1.54) is 0 Å². The summed E-state index contributed by atoms with van der Waals surface area (Å²) in [7, 11) is 0. The molecule has 1 aromatic carbocycles. The van der Waals surface area contributed by atoms with Crippen molar-refractivity contribution in [2.45, 2.75) is 19.8 Å². The van der Waals surface area contributed by atoms with Gasteiger partial charge in [-0.25, -0.2) is 0 Å². The van der Waals surface area contributed by atoms with Crippen molar-refractivity contribution in [2.24, 2.45) is 0 Å². The van der Waals surface area contributed by atoms with Gasteiger partial charge in [0.1, 0.15) is 0 Å². The molecule has 1 unspecified atom stereocenters. The number of carboxylic acid groups (broad SMARTS) is 1. The quantitative estimate of drug-likeness (QED) is 0.622. The minimum absolute atomic E-state index is 0.175. The number of rotatable bonds is 4.